The van der Waals surface area contributed by atoms with E-state index in [2.05, 4.69) is 36.6 Å². The van der Waals surface area contributed by atoms with Crippen LogP contribution in [-0.4, -0.2) is 8.42 Å². The Morgan fingerprint density at radius 2 is 1.81 bits per heavy atom. The zero-order chi connectivity index (χ0) is 15.6. The number of nitrogens with one attached hydrogen (secondary N) is 1. The van der Waals surface area contributed by atoms with Crippen LogP contribution in [0.5, 0.6) is 0 Å². The van der Waals surface area contributed by atoms with E-state index in [-0.39, 0.29) is 16.6 Å². The zero-order valence-corrected chi connectivity index (χ0v) is 15.2. The van der Waals surface area contributed by atoms with Crippen LogP contribution >= 0.6 is 31.9 Å². The van der Waals surface area contributed by atoms with Gasteiger partial charge in [0.2, 0.25) is 10.0 Å². The van der Waals surface area contributed by atoms with Gasteiger partial charge in [-0.1, -0.05) is 50.1 Å². The lowest BCUT2D eigenvalue weighted by Gasteiger charge is -2.17. The van der Waals surface area contributed by atoms with Crippen molar-refractivity contribution in [2.24, 2.45) is 0 Å². The summed E-state index contributed by atoms with van der Waals surface area (Å²) in [5.74, 6) is 0. The van der Waals surface area contributed by atoms with Gasteiger partial charge in [0.25, 0.3) is 0 Å². The minimum Gasteiger partial charge on any atom is -0.398 e. The molecule has 3 N–H and O–H groups in total. The van der Waals surface area contributed by atoms with E-state index in [1.807, 2.05) is 24.3 Å². The third-order valence-corrected chi connectivity index (χ3v) is 5.78. The van der Waals surface area contributed by atoms with E-state index < -0.39 is 10.0 Å². The first-order valence-electron chi connectivity index (χ1n) is 6.13. The van der Waals surface area contributed by atoms with E-state index in [0.29, 0.717) is 4.47 Å². The fraction of sp³-hybridized carbons (Fsp3) is 0.143. The van der Waals surface area contributed by atoms with Gasteiger partial charge in [-0.25, -0.2) is 13.1 Å². The van der Waals surface area contributed by atoms with Crippen molar-refractivity contribution in [1.29, 1.82) is 0 Å². The molecule has 0 aliphatic rings. The highest BCUT2D eigenvalue weighted by Crippen LogP contribution is 2.27. The van der Waals surface area contributed by atoms with Gasteiger partial charge < -0.3 is 5.73 Å². The number of benzene rings is 2. The molecule has 2 aromatic carbocycles. The molecule has 0 aliphatic heterocycles. The Morgan fingerprint density at radius 1 is 1.14 bits per heavy atom. The standard InChI is InChI=1S/C14H14Br2N2O2S/c1-9(11-4-2-3-5-12(11)16)18-21(19,20)14-8-10(15)6-7-13(14)17/h2-9,18H,17H2,1H3. The van der Waals surface area contributed by atoms with Crippen molar-refractivity contribution in [3.05, 3.63) is 57.0 Å². The number of anilines is 1. The van der Waals surface area contributed by atoms with E-state index in [4.69, 9.17) is 5.73 Å². The predicted octanol–water partition coefficient (Wildman–Crippen LogP) is 3.83. The van der Waals surface area contributed by atoms with Gasteiger partial charge in [0, 0.05) is 15.0 Å². The minimum absolute atomic E-state index is 0.0655. The Kier molecular flexibility index (Phi) is 5.08. The van der Waals surface area contributed by atoms with Crippen LogP contribution in [0.25, 0.3) is 0 Å². The summed E-state index contributed by atoms with van der Waals surface area (Å²) in [6.07, 6.45) is 0. The molecule has 0 spiro atoms. The van der Waals surface area contributed by atoms with E-state index in [1.165, 1.54) is 6.07 Å². The molecule has 1 atom stereocenters. The smallest absolute Gasteiger partial charge is 0.243 e. The van der Waals surface area contributed by atoms with Crippen LogP contribution in [0.3, 0.4) is 0 Å². The van der Waals surface area contributed by atoms with Crippen molar-refractivity contribution >= 4 is 47.6 Å². The Morgan fingerprint density at radius 3 is 2.48 bits per heavy atom. The third-order valence-electron chi connectivity index (χ3n) is 2.97. The number of rotatable bonds is 4. The fourth-order valence-electron chi connectivity index (χ4n) is 1.93. The summed E-state index contributed by atoms with van der Waals surface area (Å²) in [6.45, 7) is 1.78. The van der Waals surface area contributed by atoms with Crippen molar-refractivity contribution in [1.82, 2.24) is 4.72 Å². The van der Waals surface area contributed by atoms with Crippen molar-refractivity contribution in [2.45, 2.75) is 17.9 Å². The lowest BCUT2D eigenvalue weighted by atomic mass is 10.1. The molecule has 112 valence electrons. The average Bonchev–Trinajstić information content (AvgIpc) is 2.41. The summed E-state index contributed by atoms with van der Waals surface area (Å²) in [4.78, 5) is 0.0655. The molecule has 0 heterocycles. The summed E-state index contributed by atoms with van der Waals surface area (Å²) in [6, 6.07) is 11.8. The van der Waals surface area contributed by atoms with Gasteiger partial charge >= 0.3 is 0 Å². The Labute approximate surface area is 141 Å². The molecule has 0 bridgehead atoms. The van der Waals surface area contributed by atoms with Gasteiger partial charge in [0.15, 0.2) is 0 Å². The first-order valence-corrected chi connectivity index (χ1v) is 9.20. The van der Waals surface area contributed by atoms with Crippen LogP contribution in [0.1, 0.15) is 18.5 Å². The monoisotopic (exact) mass is 432 g/mol. The Hall–Kier alpha value is -0.890. The lowest BCUT2D eigenvalue weighted by molar-refractivity contribution is 0.567. The van der Waals surface area contributed by atoms with E-state index in [1.54, 1.807) is 19.1 Å². The molecule has 0 saturated carbocycles. The molecular formula is C14H14Br2N2O2S. The van der Waals surface area contributed by atoms with Crippen molar-refractivity contribution in [3.63, 3.8) is 0 Å². The maximum Gasteiger partial charge on any atom is 0.243 e. The first-order chi connectivity index (χ1) is 9.81. The van der Waals surface area contributed by atoms with Gasteiger partial charge in [0.1, 0.15) is 4.90 Å². The van der Waals surface area contributed by atoms with E-state index in [9.17, 15) is 8.42 Å². The zero-order valence-electron chi connectivity index (χ0n) is 11.2. The largest absolute Gasteiger partial charge is 0.398 e. The molecule has 0 aliphatic carbocycles. The van der Waals surface area contributed by atoms with Gasteiger partial charge in [-0.05, 0) is 36.8 Å². The SMILES string of the molecule is CC(NS(=O)(=O)c1cc(Br)ccc1N)c1ccccc1Br. The normalized spacial score (nSPS) is 13.1. The average molecular weight is 434 g/mol. The molecule has 4 nitrogen and oxygen atoms in total. The number of halogens is 2. The molecule has 2 aromatic rings. The van der Waals surface area contributed by atoms with Crippen molar-refractivity contribution < 1.29 is 8.42 Å². The second-order valence-electron chi connectivity index (χ2n) is 4.55. The maximum atomic E-state index is 12.5. The molecular weight excluding hydrogens is 420 g/mol. The number of sulfonamides is 1. The van der Waals surface area contributed by atoms with E-state index >= 15 is 0 Å². The van der Waals surface area contributed by atoms with Gasteiger partial charge in [-0.2, -0.15) is 0 Å². The third kappa shape index (κ3) is 3.85. The Balaban J connectivity index is 2.34. The molecule has 0 amide bonds. The molecule has 21 heavy (non-hydrogen) atoms. The summed E-state index contributed by atoms with van der Waals surface area (Å²) in [5, 5.41) is 0. The number of nitrogens with two attached hydrogens (primary N) is 1. The number of hydrogen-bond donors (Lipinski definition) is 2. The fourth-order valence-corrected chi connectivity index (χ4v) is 4.45. The quantitative estimate of drug-likeness (QED) is 0.719. The second-order valence-corrected chi connectivity index (χ2v) is 8.00. The van der Waals surface area contributed by atoms with Crippen LogP contribution in [0.4, 0.5) is 5.69 Å². The highest BCUT2D eigenvalue weighted by molar-refractivity contribution is 9.10. The topological polar surface area (TPSA) is 72.2 Å². The highest BCUT2D eigenvalue weighted by atomic mass is 79.9. The molecule has 0 fully saturated rings. The lowest BCUT2D eigenvalue weighted by Crippen LogP contribution is -2.27. The van der Waals surface area contributed by atoms with Gasteiger partial charge in [-0.15, -0.1) is 0 Å². The number of hydrogen-bond acceptors (Lipinski definition) is 3. The van der Waals surface area contributed by atoms with Crippen LogP contribution in [0.15, 0.2) is 56.3 Å². The van der Waals surface area contributed by atoms with Gasteiger partial charge in [-0.3, -0.25) is 0 Å². The first kappa shape index (κ1) is 16.5. The summed E-state index contributed by atoms with van der Waals surface area (Å²) in [5.41, 5.74) is 6.84. The Bertz CT molecular complexity index is 763. The second kappa shape index (κ2) is 6.48. The van der Waals surface area contributed by atoms with Crippen LogP contribution in [0.2, 0.25) is 0 Å². The van der Waals surface area contributed by atoms with Crippen LogP contribution in [-0.2, 0) is 10.0 Å². The molecule has 7 heteroatoms. The van der Waals surface area contributed by atoms with Crippen LogP contribution in [0, 0.1) is 0 Å². The van der Waals surface area contributed by atoms with Crippen molar-refractivity contribution in [3.8, 4) is 0 Å². The minimum atomic E-state index is -3.70. The summed E-state index contributed by atoms with van der Waals surface area (Å²) in [7, 11) is -3.70. The number of nitrogen functional groups attached to an aromatic ring is 1. The molecule has 0 radical (unpaired) electrons. The molecule has 0 saturated heterocycles. The van der Waals surface area contributed by atoms with Crippen LogP contribution < -0.4 is 10.5 Å². The van der Waals surface area contributed by atoms with E-state index in [0.717, 1.165) is 10.0 Å². The summed E-state index contributed by atoms with van der Waals surface area (Å²) >= 11 is 6.68. The summed E-state index contributed by atoms with van der Waals surface area (Å²) < 4.78 is 29.1. The molecule has 2 rings (SSSR count). The molecule has 0 aromatic heterocycles. The predicted molar refractivity (Wildman–Crippen MR) is 91.4 cm³/mol. The molecule has 1 unspecified atom stereocenters. The highest BCUT2D eigenvalue weighted by Gasteiger charge is 2.22. The maximum absolute atomic E-state index is 12.5. The van der Waals surface area contributed by atoms with Crippen molar-refractivity contribution in [2.75, 3.05) is 5.73 Å². The van der Waals surface area contributed by atoms with Gasteiger partial charge in [0.05, 0.1) is 5.69 Å².